The lowest BCUT2D eigenvalue weighted by atomic mass is 10.1. The van der Waals surface area contributed by atoms with Crippen molar-refractivity contribution in [2.24, 2.45) is 0 Å². The first-order chi connectivity index (χ1) is 16.8. The van der Waals surface area contributed by atoms with Gasteiger partial charge in [-0.1, -0.05) is 6.07 Å². The molecule has 0 saturated heterocycles. The molecule has 0 amide bonds. The number of nitrogens with zero attached hydrogens (tertiary/aromatic N) is 2. The van der Waals surface area contributed by atoms with E-state index in [1.165, 1.54) is 6.07 Å². The second-order valence-electron chi connectivity index (χ2n) is 8.24. The van der Waals surface area contributed by atoms with Crippen molar-refractivity contribution in [3.05, 3.63) is 95.7 Å². The Morgan fingerprint density at radius 2 is 2.00 bits per heavy atom. The highest BCUT2D eigenvalue weighted by Crippen LogP contribution is 2.27. The maximum Gasteiger partial charge on any atom is 0.166 e. The summed E-state index contributed by atoms with van der Waals surface area (Å²) in [6.07, 6.45) is 5.88. The van der Waals surface area contributed by atoms with Crippen molar-refractivity contribution < 1.29 is 9.50 Å². The van der Waals surface area contributed by atoms with Crippen molar-refractivity contribution in [3.8, 4) is 0 Å². The fourth-order valence-electron chi connectivity index (χ4n) is 3.78. The van der Waals surface area contributed by atoms with Gasteiger partial charge in [0.2, 0.25) is 0 Å². The van der Waals surface area contributed by atoms with Crippen LogP contribution >= 0.6 is 0 Å². The van der Waals surface area contributed by atoms with Crippen LogP contribution in [0.15, 0.2) is 78.6 Å². The number of hydrazine groups is 1. The Labute approximate surface area is 203 Å². The SMILES string of the molecule is CC1C=C(C(O)Nc2cc(Nc3ccc(C(=N)/C=C/c4ccccn4)c(N)c3)ccc2F)N(C)N1. The van der Waals surface area contributed by atoms with E-state index >= 15 is 0 Å². The Kier molecular flexibility index (Phi) is 7.09. The van der Waals surface area contributed by atoms with Gasteiger partial charge in [-0.05, 0) is 73.7 Å². The topological polar surface area (TPSA) is 122 Å². The van der Waals surface area contributed by atoms with Gasteiger partial charge in [-0.2, -0.15) is 0 Å². The molecule has 0 bridgehead atoms. The number of rotatable bonds is 8. The zero-order valence-electron chi connectivity index (χ0n) is 19.5. The van der Waals surface area contributed by atoms with Crippen LogP contribution < -0.4 is 21.8 Å². The molecule has 4 rings (SSSR count). The van der Waals surface area contributed by atoms with E-state index in [1.807, 2.05) is 31.2 Å². The minimum atomic E-state index is -1.08. The number of nitrogen functional groups attached to an aromatic ring is 1. The number of nitrogens with one attached hydrogen (secondary N) is 4. The predicted molar refractivity (Wildman–Crippen MR) is 139 cm³/mol. The smallest absolute Gasteiger partial charge is 0.166 e. The largest absolute Gasteiger partial charge is 0.398 e. The highest BCUT2D eigenvalue weighted by atomic mass is 19.1. The van der Waals surface area contributed by atoms with E-state index in [2.05, 4.69) is 21.0 Å². The Balaban J connectivity index is 1.45. The summed E-state index contributed by atoms with van der Waals surface area (Å²) in [5, 5.41) is 26.6. The van der Waals surface area contributed by atoms with E-state index in [-0.39, 0.29) is 17.4 Å². The Bertz CT molecular complexity index is 1280. The summed E-state index contributed by atoms with van der Waals surface area (Å²) < 4.78 is 14.4. The molecule has 0 radical (unpaired) electrons. The Morgan fingerprint density at radius 1 is 1.23 bits per heavy atom. The van der Waals surface area contributed by atoms with Gasteiger partial charge >= 0.3 is 0 Å². The van der Waals surface area contributed by atoms with Crippen molar-refractivity contribution in [1.82, 2.24) is 15.4 Å². The van der Waals surface area contributed by atoms with Crippen LogP contribution in [0.4, 0.5) is 27.1 Å². The van der Waals surface area contributed by atoms with Crippen LogP contribution in [-0.4, -0.2) is 40.1 Å². The molecule has 2 aromatic carbocycles. The molecular formula is C26H28FN7O. The summed E-state index contributed by atoms with van der Waals surface area (Å²) in [6, 6.07) is 15.4. The molecule has 7 N–H and O–H groups in total. The van der Waals surface area contributed by atoms with E-state index in [0.717, 1.165) is 5.69 Å². The van der Waals surface area contributed by atoms with Gasteiger partial charge in [0.05, 0.1) is 22.8 Å². The molecule has 8 nitrogen and oxygen atoms in total. The Morgan fingerprint density at radius 3 is 2.69 bits per heavy atom. The number of hydrogen-bond acceptors (Lipinski definition) is 8. The van der Waals surface area contributed by atoms with Crippen LogP contribution in [0.1, 0.15) is 18.2 Å². The number of nitrogens with two attached hydrogens (primary N) is 1. The van der Waals surface area contributed by atoms with Crippen LogP contribution in [0.25, 0.3) is 6.08 Å². The Hall–Kier alpha value is -4.21. The van der Waals surface area contributed by atoms with Crippen molar-refractivity contribution in [3.63, 3.8) is 0 Å². The molecule has 0 saturated carbocycles. The third kappa shape index (κ3) is 5.84. The van der Waals surface area contributed by atoms with Gasteiger partial charge in [0.1, 0.15) is 5.82 Å². The highest BCUT2D eigenvalue weighted by Gasteiger charge is 2.23. The lowest BCUT2D eigenvalue weighted by molar-refractivity contribution is 0.182. The normalized spacial score (nSPS) is 16.3. The first-order valence-electron chi connectivity index (χ1n) is 11.1. The molecule has 0 aliphatic carbocycles. The average Bonchev–Trinajstić information content (AvgIpc) is 3.18. The second kappa shape index (κ2) is 10.4. The summed E-state index contributed by atoms with van der Waals surface area (Å²) >= 11 is 0. The van der Waals surface area contributed by atoms with E-state index in [1.54, 1.807) is 60.7 Å². The van der Waals surface area contributed by atoms with Gasteiger partial charge in [-0.15, -0.1) is 0 Å². The maximum atomic E-state index is 14.4. The van der Waals surface area contributed by atoms with Gasteiger partial charge in [0, 0.05) is 41.9 Å². The first-order valence-corrected chi connectivity index (χ1v) is 11.1. The van der Waals surface area contributed by atoms with Gasteiger partial charge in [0.15, 0.2) is 6.23 Å². The fraction of sp³-hybridized carbons (Fsp3) is 0.154. The summed E-state index contributed by atoms with van der Waals surface area (Å²) in [5.41, 5.74) is 13.4. The maximum absolute atomic E-state index is 14.4. The lowest BCUT2D eigenvalue weighted by Gasteiger charge is -2.23. The number of anilines is 4. The molecule has 180 valence electrons. The van der Waals surface area contributed by atoms with Gasteiger partial charge in [-0.3, -0.25) is 4.98 Å². The molecule has 2 heterocycles. The number of hydrogen-bond donors (Lipinski definition) is 6. The van der Waals surface area contributed by atoms with E-state index in [9.17, 15) is 9.50 Å². The van der Waals surface area contributed by atoms with E-state index < -0.39 is 12.0 Å². The molecule has 2 atom stereocenters. The molecule has 35 heavy (non-hydrogen) atoms. The van der Waals surface area contributed by atoms with E-state index in [4.69, 9.17) is 11.1 Å². The number of aliphatic hydroxyl groups is 1. The average molecular weight is 474 g/mol. The standard InChI is InChI=1S/C26H28FN7O/c1-16-13-25(34(2)33-16)26(35)32-24-15-19(7-10-21(24)27)31-18-6-9-20(23(29)14-18)22(28)11-8-17-5-3-4-12-30-17/h3-16,26,28,31-33,35H,29H2,1-2H3/b11-8+,28-22?. The predicted octanol–water partition coefficient (Wildman–Crippen LogP) is 4.08. The van der Waals surface area contributed by atoms with Crippen LogP contribution in [0, 0.1) is 11.2 Å². The van der Waals surface area contributed by atoms with Crippen LogP contribution in [-0.2, 0) is 0 Å². The molecule has 3 aromatic rings. The van der Waals surface area contributed by atoms with Crippen LogP contribution in [0.2, 0.25) is 0 Å². The molecule has 1 aliphatic rings. The number of aromatic nitrogens is 1. The monoisotopic (exact) mass is 473 g/mol. The molecule has 2 unspecified atom stereocenters. The van der Waals surface area contributed by atoms with Crippen LogP contribution in [0.5, 0.6) is 0 Å². The number of likely N-dealkylation sites (N-methyl/N-ethyl adjacent to an activating group) is 1. The number of benzene rings is 2. The number of halogens is 1. The molecule has 9 heteroatoms. The summed E-state index contributed by atoms with van der Waals surface area (Å²) in [7, 11) is 1.79. The molecule has 0 spiro atoms. The summed E-state index contributed by atoms with van der Waals surface area (Å²) in [6.45, 7) is 1.95. The second-order valence-corrected chi connectivity index (χ2v) is 8.24. The molecule has 1 aromatic heterocycles. The van der Waals surface area contributed by atoms with E-state index in [0.29, 0.717) is 28.3 Å². The van der Waals surface area contributed by atoms with Gasteiger partial charge in [-0.25, -0.2) is 9.82 Å². The lowest BCUT2D eigenvalue weighted by Crippen LogP contribution is -2.37. The number of allylic oxidation sites excluding steroid dienone is 1. The van der Waals surface area contributed by atoms with Gasteiger partial charge in [0.25, 0.3) is 0 Å². The zero-order valence-corrected chi connectivity index (χ0v) is 19.5. The minimum absolute atomic E-state index is 0.0738. The molecular weight excluding hydrogens is 445 g/mol. The zero-order chi connectivity index (χ0) is 24.9. The number of pyridine rings is 1. The van der Waals surface area contributed by atoms with Crippen LogP contribution in [0.3, 0.4) is 0 Å². The quantitative estimate of drug-likeness (QED) is 0.166. The van der Waals surface area contributed by atoms with Crippen molar-refractivity contribution >= 4 is 34.5 Å². The van der Waals surface area contributed by atoms with Crippen molar-refractivity contribution in [1.29, 1.82) is 5.41 Å². The third-order valence-corrected chi connectivity index (χ3v) is 5.48. The summed E-state index contributed by atoms with van der Waals surface area (Å²) in [5.74, 6) is -0.486. The van der Waals surface area contributed by atoms with Gasteiger partial charge < -0.3 is 31.9 Å². The minimum Gasteiger partial charge on any atom is -0.398 e. The third-order valence-electron chi connectivity index (χ3n) is 5.48. The fourth-order valence-corrected chi connectivity index (χ4v) is 3.78. The molecule has 1 aliphatic heterocycles. The number of aliphatic hydroxyl groups excluding tert-OH is 1. The van der Waals surface area contributed by atoms with Crippen molar-refractivity contribution in [2.75, 3.05) is 23.4 Å². The highest BCUT2D eigenvalue weighted by molar-refractivity contribution is 6.12. The first kappa shape index (κ1) is 23.9. The summed E-state index contributed by atoms with van der Waals surface area (Å²) in [4.78, 5) is 4.21. The van der Waals surface area contributed by atoms with Crippen molar-refractivity contribution in [2.45, 2.75) is 19.2 Å². The molecule has 0 fully saturated rings.